The standard InChI is InChI=1S/C18H24ClN3/c1-18(2,3)16(22-10-8-20-9-11-22)14-12-13-6-4-5-7-15(13)21-17(14)19/h4-7,12,16,20H,8-11H2,1-3H3/t16-/m1/s1. The van der Waals surface area contributed by atoms with Crippen LogP contribution in [0.1, 0.15) is 32.4 Å². The van der Waals surface area contributed by atoms with Crippen LogP contribution in [0.15, 0.2) is 30.3 Å². The highest BCUT2D eigenvalue weighted by molar-refractivity contribution is 6.30. The predicted molar refractivity (Wildman–Crippen MR) is 93.4 cm³/mol. The van der Waals surface area contributed by atoms with Gasteiger partial charge in [-0.1, -0.05) is 50.6 Å². The first kappa shape index (κ1) is 15.7. The molecule has 2 aromatic rings. The second-order valence-corrected chi connectivity index (χ2v) is 7.47. The molecule has 2 heterocycles. The van der Waals surface area contributed by atoms with Crippen molar-refractivity contribution in [2.45, 2.75) is 26.8 Å². The molecule has 22 heavy (non-hydrogen) atoms. The molecule has 4 heteroatoms. The Morgan fingerprint density at radius 1 is 1.18 bits per heavy atom. The fourth-order valence-corrected chi connectivity index (χ4v) is 3.70. The van der Waals surface area contributed by atoms with Gasteiger partial charge >= 0.3 is 0 Å². The minimum atomic E-state index is 0.102. The molecule has 1 aromatic heterocycles. The van der Waals surface area contributed by atoms with E-state index in [1.807, 2.05) is 12.1 Å². The maximum Gasteiger partial charge on any atom is 0.134 e. The summed E-state index contributed by atoms with van der Waals surface area (Å²) in [6.45, 7) is 11.0. The number of hydrogen-bond acceptors (Lipinski definition) is 3. The molecule has 3 nitrogen and oxygen atoms in total. The molecule has 1 atom stereocenters. The van der Waals surface area contributed by atoms with Gasteiger partial charge in [-0.05, 0) is 17.5 Å². The number of pyridine rings is 1. The summed E-state index contributed by atoms with van der Waals surface area (Å²) in [6, 6.07) is 10.7. The first-order chi connectivity index (χ1) is 10.5. The van der Waals surface area contributed by atoms with Gasteiger partial charge in [0.1, 0.15) is 5.15 Å². The molecule has 0 amide bonds. The van der Waals surface area contributed by atoms with Crippen molar-refractivity contribution in [2.75, 3.05) is 26.2 Å². The Kier molecular flexibility index (Phi) is 4.40. The van der Waals surface area contributed by atoms with Crippen molar-refractivity contribution >= 4 is 22.5 Å². The number of piperazine rings is 1. The van der Waals surface area contributed by atoms with Crippen molar-refractivity contribution in [3.8, 4) is 0 Å². The van der Waals surface area contributed by atoms with Gasteiger partial charge in [0.15, 0.2) is 0 Å². The monoisotopic (exact) mass is 317 g/mol. The number of rotatable bonds is 2. The number of aromatic nitrogens is 1. The average Bonchev–Trinajstić information content (AvgIpc) is 2.48. The fraction of sp³-hybridized carbons (Fsp3) is 0.500. The summed E-state index contributed by atoms with van der Waals surface area (Å²) < 4.78 is 0. The highest BCUT2D eigenvalue weighted by atomic mass is 35.5. The van der Waals surface area contributed by atoms with Crippen molar-refractivity contribution in [2.24, 2.45) is 5.41 Å². The van der Waals surface area contributed by atoms with Gasteiger partial charge in [-0.15, -0.1) is 0 Å². The van der Waals surface area contributed by atoms with Crippen LogP contribution < -0.4 is 5.32 Å². The zero-order valence-electron chi connectivity index (χ0n) is 13.6. The van der Waals surface area contributed by atoms with Gasteiger partial charge in [-0.3, -0.25) is 4.90 Å². The zero-order chi connectivity index (χ0) is 15.7. The lowest BCUT2D eigenvalue weighted by Gasteiger charge is -2.42. The fourth-order valence-electron chi connectivity index (χ4n) is 3.45. The van der Waals surface area contributed by atoms with Gasteiger partial charge in [0.25, 0.3) is 0 Å². The van der Waals surface area contributed by atoms with E-state index in [-0.39, 0.29) is 11.5 Å². The van der Waals surface area contributed by atoms with Crippen LogP contribution >= 0.6 is 11.6 Å². The molecule has 1 saturated heterocycles. The summed E-state index contributed by atoms with van der Waals surface area (Å²) in [4.78, 5) is 7.16. The van der Waals surface area contributed by atoms with E-state index in [1.165, 1.54) is 0 Å². The second-order valence-electron chi connectivity index (χ2n) is 7.12. The largest absolute Gasteiger partial charge is 0.314 e. The van der Waals surface area contributed by atoms with Crippen molar-refractivity contribution in [3.63, 3.8) is 0 Å². The maximum atomic E-state index is 6.57. The molecule has 1 fully saturated rings. The molecule has 0 aliphatic carbocycles. The molecule has 1 N–H and O–H groups in total. The van der Waals surface area contributed by atoms with Crippen LogP contribution in [0.5, 0.6) is 0 Å². The van der Waals surface area contributed by atoms with Gasteiger partial charge in [-0.25, -0.2) is 4.98 Å². The predicted octanol–water partition coefficient (Wildman–Crippen LogP) is 3.88. The van der Waals surface area contributed by atoms with Crippen LogP contribution in [-0.2, 0) is 0 Å². The molecule has 0 radical (unpaired) electrons. The smallest absolute Gasteiger partial charge is 0.134 e. The lowest BCUT2D eigenvalue weighted by atomic mass is 9.81. The van der Waals surface area contributed by atoms with E-state index < -0.39 is 0 Å². The van der Waals surface area contributed by atoms with E-state index in [0.29, 0.717) is 5.15 Å². The molecular formula is C18H24ClN3. The molecular weight excluding hydrogens is 294 g/mol. The number of halogens is 1. The third-order valence-corrected chi connectivity index (χ3v) is 4.64. The summed E-state index contributed by atoms with van der Waals surface area (Å²) in [5.74, 6) is 0. The van der Waals surface area contributed by atoms with Crippen LogP contribution in [0, 0.1) is 5.41 Å². The Labute approximate surface area is 137 Å². The zero-order valence-corrected chi connectivity index (χ0v) is 14.3. The first-order valence-corrected chi connectivity index (χ1v) is 8.34. The molecule has 0 saturated carbocycles. The minimum Gasteiger partial charge on any atom is -0.314 e. The molecule has 1 aromatic carbocycles. The Hall–Kier alpha value is -1.16. The first-order valence-electron chi connectivity index (χ1n) is 7.97. The highest BCUT2D eigenvalue weighted by Crippen LogP contribution is 2.41. The molecule has 1 aliphatic heterocycles. The number of nitrogens with zero attached hydrogens (tertiary/aromatic N) is 2. The van der Waals surface area contributed by atoms with E-state index in [4.69, 9.17) is 11.6 Å². The molecule has 118 valence electrons. The van der Waals surface area contributed by atoms with Gasteiger partial charge in [0.05, 0.1) is 5.52 Å². The lowest BCUT2D eigenvalue weighted by Crippen LogP contribution is -2.48. The minimum absolute atomic E-state index is 0.102. The number of nitrogens with one attached hydrogen (secondary N) is 1. The molecule has 3 rings (SSSR count). The highest BCUT2D eigenvalue weighted by Gasteiger charge is 2.34. The normalized spacial score (nSPS) is 18.5. The third kappa shape index (κ3) is 3.12. The van der Waals surface area contributed by atoms with E-state index >= 15 is 0 Å². The Bertz CT molecular complexity index is 657. The number of hydrogen-bond donors (Lipinski definition) is 1. The van der Waals surface area contributed by atoms with Crippen molar-refractivity contribution in [3.05, 3.63) is 41.0 Å². The Morgan fingerprint density at radius 2 is 1.86 bits per heavy atom. The molecule has 1 aliphatic rings. The van der Waals surface area contributed by atoms with Gasteiger partial charge in [0, 0.05) is 43.2 Å². The number of benzene rings is 1. The average molecular weight is 318 g/mol. The van der Waals surface area contributed by atoms with Crippen LogP contribution in [-0.4, -0.2) is 36.1 Å². The summed E-state index contributed by atoms with van der Waals surface area (Å²) in [5, 5.41) is 5.22. The van der Waals surface area contributed by atoms with E-state index in [9.17, 15) is 0 Å². The maximum absolute atomic E-state index is 6.57. The van der Waals surface area contributed by atoms with Crippen LogP contribution in [0.4, 0.5) is 0 Å². The summed E-state index contributed by atoms with van der Waals surface area (Å²) in [5.41, 5.74) is 2.21. The quantitative estimate of drug-likeness (QED) is 0.852. The summed E-state index contributed by atoms with van der Waals surface area (Å²) >= 11 is 6.57. The van der Waals surface area contributed by atoms with Crippen LogP contribution in [0.2, 0.25) is 5.15 Å². The van der Waals surface area contributed by atoms with Crippen LogP contribution in [0.25, 0.3) is 10.9 Å². The molecule has 0 unspecified atom stereocenters. The van der Waals surface area contributed by atoms with Gasteiger partial charge in [-0.2, -0.15) is 0 Å². The van der Waals surface area contributed by atoms with Crippen molar-refractivity contribution < 1.29 is 0 Å². The van der Waals surface area contributed by atoms with E-state index in [0.717, 1.165) is 42.6 Å². The van der Waals surface area contributed by atoms with E-state index in [1.54, 1.807) is 0 Å². The van der Waals surface area contributed by atoms with Gasteiger partial charge in [0.2, 0.25) is 0 Å². The molecule has 0 bridgehead atoms. The number of fused-ring (bicyclic) bond motifs is 1. The third-order valence-electron chi connectivity index (χ3n) is 4.34. The van der Waals surface area contributed by atoms with Crippen LogP contribution in [0.3, 0.4) is 0 Å². The van der Waals surface area contributed by atoms with Crippen molar-refractivity contribution in [1.82, 2.24) is 15.2 Å². The second kappa shape index (κ2) is 6.15. The lowest BCUT2D eigenvalue weighted by molar-refractivity contribution is 0.0861. The SMILES string of the molecule is CC(C)(C)[C@@H](c1cc2ccccc2nc1Cl)N1CCNCC1. The summed E-state index contributed by atoms with van der Waals surface area (Å²) in [6.07, 6.45) is 0. The Balaban J connectivity index is 2.08. The van der Waals surface area contributed by atoms with Gasteiger partial charge < -0.3 is 5.32 Å². The Morgan fingerprint density at radius 3 is 2.55 bits per heavy atom. The topological polar surface area (TPSA) is 28.2 Å². The summed E-state index contributed by atoms with van der Waals surface area (Å²) in [7, 11) is 0. The number of para-hydroxylation sites is 1. The molecule has 0 spiro atoms. The van der Waals surface area contributed by atoms with E-state index in [2.05, 4.69) is 54.2 Å². The van der Waals surface area contributed by atoms with Crippen molar-refractivity contribution in [1.29, 1.82) is 0 Å².